The van der Waals surface area contributed by atoms with Gasteiger partial charge in [-0.2, -0.15) is 0 Å². The summed E-state index contributed by atoms with van der Waals surface area (Å²) in [5, 5.41) is 29.1. The second kappa shape index (κ2) is 5.05. The standard InChI is InChI=1S/C11H13F2N5O4/c12-10(13)11(1-19)6(21)5(20)9(22-11)18-3-17-4-7(14)15-2-16-8(4)18/h2-3,5-6,9-10,19-21H,1H2,(H2,14,15,16)/t5-,6-,9-,11-/m1/s1. The molecule has 1 aliphatic rings. The van der Waals surface area contributed by atoms with Gasteiger partial charge in [-0.05, 0) is 0 Å². The van der Waals surface area contributed by atoms with Crippen LogP contribution in [-0.2, 0) is 4.74 Å². The lowest BCUT2D eigenvalue weighted by Gasteiger charge is -2.28. The van der Waals surface area contributed by atoms with E-state index in [1.54, 1.807) is 0 Å². The molecule has 9 nitrogen and oxygen atoms in total. The van der Waals surface area contributed by atoms with Crippen LogP contribution in [0, 0.1) is 0 Å². The van der Waals surface area contributed by atoms with Crippen molar-refractivity contribution < 1.29 is 28.8 Å². The Hall–Kier alpha value is -1.95. The average molecular weight is 317 g/mol. The van der Waals surface area contributed by atoms with Crippen molar-refractivity contribution in [3.63, 3.8) is 0 Å². The van der Waals surface area contributed by atoms with Gasteiger partial charge in [0.15, 0.2) is 23.3 Å². The van der Waals surface area contributed by atoms with Crippen molar-refractivity contribution in [1.29, 1.82) is 0 Å². The number of aliphatic hydroxyl groups excluding tert-OH is 3. The highest BCUT2D eigenvalue weighted by atomic mass is 19.3. The molecule has 2 aromatic heterocycles. The van der Waals surface area contributed by atoms with Crippen LogP contribution in [0.4, 0.5) is 14.6 Å². The van der Waals surface area contributed by atoms with Crippen LogP contribution in [0.25, 0.3) is 11.2 Å². The van der Waals surface area contributed by atoms with Crippen molar-refractivity contribution in [3.8, 4) is 0 Å². The van der Waals surface area contributed by atoms with E-state index in [1.807, 2.05) is 0 Å². The minimum Gasteiger partial charge on any atom is -0.393 e. The normalized spacial score (nSPS) is 32.2. The highest BCUT2D eigenvalue weighted by Crippen LogP contribution is 2.41. The third-order valence-electron chi connectivity index (χ3n) is 3.73. The van der Waals surface area contributed by atoms with Gasteiger partial charge < -0.3 is 25.8 Å². The molecule has 2 aromatic rings. The molecule has 22 heavy (non-hydrogen) atoms. The molecule has 0 saturated carbocycles. The number of aliphatic hydroxyl groups is 3. The smallest absolute Gasteiger partial charge is 0.272 e. The fourth-order valence-corrected chi connectivity index (χ4v) is 2.47. The summed E-state index contributed by atoms with van der Waals surface area (Å²) >= 11 is 0. The van der Waals surface area contributed by atoms with Crippen molar-refractivity contribution in [3.05, 3.63) is 12.7 Å². The lowest BCUT2D eigenvalue weighted by molar-refractivity contribution is -0.194. The molecule has 120 valence electrons. The summed E-state index contributed by atoms with van der Waals surface area (Å²) in [5.74, 6) is 0.0686. The maximum atomic E-state index is 13.2. The molecular weight excluding hydrogens is 304 g/mol. The highest BCUT2D eigenvalue weighted by Gasteiger charge is 2.60. The van der Waals surface area contributed by atoms with Gasteiger partial charge in [0.1, 0.15) is 24.1 Å². The van der Waals surface area contributed by atoms with E-state index in [4.69, 9.17) is 10.5 Å². The van der Waals surface area contributed by atoms with E-state index in [9.17, 15) is 24.1 Å². The zero-order chi connectivity index (χ0) is 16.1. The molecule has 11 heteroatoms. The van der Waals surface area contributed by atoms with Crippen molar-refractivity contribution in [2.24, 2.45) is 0 Å². The molecule has 0 spiro atoms. The Morgan fingerprint density at radius 3 is 2.68 bits per heavy atom. The molecule has 3 heterocycles. The SMILES string of the molecule is Nc1ncnc2c1ncn2[C@@H]1O[C@@](CO)(C(F)F)[C@H](O)[C@H]1O. The number of alkyl halides is 2. The van der Waals surface area contributed by atoms with E-state index in [0.29, 0.717) is 0 Å². The predicted octanol–water partition coefficient (Wildman–Crippen LogP) is -1.34. The summed E-state index contributed by atoms with van der Waals surface area (Å²) < 4.78 is 32.6. The summed E-state index contributed by atoms with van der Waals surface area (Å²) in [6.45, 7) is -1.16. The van der Waals surface area contributed by atoms with E-state index in [0.717, 1.165) is 10.9 Å². The topological polar surface area (TPSA) is 140 Å². The van der Waals surface area contributed by atoms with E-state index in [-0.39, 0.29) is 17.0 Å². The van der Waals surface area contributed by atoms with Crippen molar-refractivity contribution in [2.75, 3.05) is 12.3 Å². The Morgan fingerprint density at radius 2 is 2.09 bits per heavy atom. The molecular formula is C11H13F2N5O4. The van der Waals surface area contributed by atoms with Crippen molar-refractivity contribution in [1.82, 2.24) is 19.5 Å². The lowest BCUT2D eigenvalue weighted by Crippen LogP contribution is -2.52. The van der Waals surface area contributed by atoms with E-state index in [1.165, 1.54) is 6.33 Å². The number of aromatic nitrogens is 4. The Bertz CT molecular complexity index is 698. The van der Waals surface area contributed by atoms with Gasteiger partial charge in [0.05, 0.1) is 12.9 Å². The molecule has 1 fully saturated rings. The number of nitrogens with two attached hydrogens (primary N) is 1. The Morgan fingerprint density at radius 1 is 1.36 bits per heavy atom. The van der Waals surface area contributed by atoms with Crippen LogP contribution < -0.4 is 5.73 Å². The Labute approximate surface area is 122 Å². The van der Waals surface area contributed by atoms with E-state index < -0.39 is 37.1 Å². The number of fused-ring (bicyclic) bond motifs is 1. The van der Waals surface area contributed by atoms with E-state index >= 15 is 0 Å². The van der Waals surface area contributed by atoms with Gasteiger partial charge in [0.25, 0.3) is 6.43 Å². The molecule has 0 amide bonds. The van der Waals surface area contributed by atoms with Crippen LogP contribution in [-0.4, -0.2) is 65.7 Å². The Balaban J connectivity index is 2.06. The highest BCUT2D eigenvalue weighted by molar-refractivity contribution is 5.81. The first kappa shape index (κ1) is 15.0. The van der Waals surface area contributed by atoms with Gasteiger partial charge in [-0.15, -0.1) is 0 Å². The average Bonchev–Trinajstić information content (AvgIpc) is 3.02. The summed E-state index contributed by atoms with van der Waals surface area (Å²) in [6.07, 6.45) is -6.00. The number of nitrogen functional groups attached to an aromatic ring is 1. The monoisotopic (exact) mass is 317 g/mol. The summed E-state index contributed by atoms with van der Waals surface area (Å²) in [5.41, 5.74) is 3.38. The van der Waals surface area contributed by atoms with Gasteiger partial charge in [0, 0.05) is 0 Å². The van der Waals surface area contributed by atoms with E-state index in [2.05, 4.69) is 15.0 Å². The molecule has 0 radical (unpaired) electrons. The number of hydrogen-bond acceptors (Lipinski definition) is 8. The van der Waals surface area contributed by atoms with Crippen LogP contribution >= 0.6 is 0 Å². The number of halogens is 2. The van der Waals surface area contributed by atoms with Crippen LogP contribution in [0.15, 0.2) is 12.7 Å². The van der Waals surface area contributed by atoms with Crippen LogP contribution in [0.1, 0.15) is 6.23 Å². The molecule has 4 atom stereocenters. The number of imidazole rings is 1. The maximum absolute atomic E-state index is 13.2. The Kier molecular flexibility index (Phi) is 3.44. The minimum absolute atomic E-state index is 0.0686. The zero-order valence-corrected chi connectivity index (χ0v) is 11.0. The largest absolute Gasteiger partial charge is 0.393 e. The molecule has 5 N–H and O–H groups in total. The van der Waals surface area contributed by atoms with Crippen molar-refractivity contribution >= 4 is 17.0 Å². The fourth-order valence-electron chi connectivity index (χ4n) is 2.47. The van der Waals surface area contributed by atoms with Gasteiger partial charge in [-0.1, -0.05) is 0 Å². The number of ether oxygens (including phenoxy) is 1. The van der Waals surface area contributed by atoms with Crippen molar-refractivity contribution in [2.45, 2.75) is 30.5 Å². The molecule has 0 bridgehead atoms. The number of rotatable bonds is 3. The summed E-state index contributed by atoms with van der Waals surface area (Å²) in [4.78, 5) is 11.6. The summed E-state index contributed by atoms with van der Waals surface area (Å²) in [7, 11) is 0. The van der Waals surface area contributed by atoms with Crippen LogP contribution in [0.2, 0.25) is 0 Å². The lowest BCUT2D eigenvalue weighted by atomic mass is 9.96. The number of nitrogens with zero attached hydrogens (tertiary/aromatic N) is 4. The third-order valence-corrected chi connectivity index (χ3v) is 3.73. The second-order valence-corrected chi connectivity index (χ2v) is 4.94. The minimum atomic E-state index is -3.21. The molecule has 3 rings (SSSR count). The van der Waals surface area contributed by atoms with Gasteiger partial charge >= 0.3 is 0 Å². The maximum Gasteiger partial charge on any atom is 0.272 e. The van der Waals surface area contributed by atoms with Crippen LogP contribution in [0.5, 0.6) is 0 Å². The first-order valence-electron chi connectivity index (χ1n) is 6.28. The molecule has 0 aromatic carbocycles. The van der Waals surface area contributed by atoms with Gasteiger partial charge in [-0.3, -0.25) is 4.57 Å². The molecule has 0 aliphatic carbocycles. The first-order chi connectivity index (χ1) is 10.4. The predicted molar refractivity (Wildman–Crippen MR) is 67.7 cm³/mol. The van der Waals surface area contributed by atoms with Crippen LogP contribution in [0.3, 0.4) is 0 Å². The molecule has 1 saturated heterocycles. The fraction of sp³-hybridized carbons (Fsp3) is 0.545. The zero-order valence-electron chi connectivity index (χ0n) is 11.0. The van der Waals surface area contributed by atoms with Gasteiger partial charge in [-0.25, -0.2) is 23.7 Å². The quantitative estimate of drug-likeness (QED) is 0.545. The van der Waals surface area contributed by atoms with Gasteiger partial charge in [0.2, 0.25) is 0 Å². The second-order valence-electron chi connectivity index (χ2n) is 4.94. The number of hydrogen-bond donors (Lipinski definition) is 4. The molecule has 1 aliphatic heterocycles. The number of anilines is 1. The molecule has 0 unspecified atom stereocenters. The first-order valence-corrected chi connectivity index (χ1v) is 6.28. The summed E-state index contributed by atoms with van der Waals surface area (Å²) in [6, 6.07) is 0. The third kappa shape index (κ3) is 1.86.